The lowest BCUT2D eigenvalue weighted by Gasteiger charge is -2.22. The summed E-state index contributed by atoms with van der Waals surface area (Å²) >= 11 is 0. The minimum atomic E-state index is -0.335. The maximum atomic E-state index is 14.3. The summed E-state index contributed by atoms with van der Waals surface area (Å²) in [6, 6.07) is 20.7. The van der Waals surface area contributed by atoms with Crippen molar-refractivity contribution in [2.45, 2.75) is 19.9 Å². The van der Waals surface area contributed by atoms with E-state index >= 15 is 0 Å². The number of rotatable bonds is 5. The molecule has 6 rings (SSSR count). The molecule has 4 heterocycles. The molecule has 0 fully saturated rings. The summed E-state index contributed by atoms with van der Waals surface area (Å²) in [6.45, 7) is 3.81. The second-order valence-corrected chi connectivity index (χ2v) is 9.00. The van der Waals surface area contributed by atoms with Gasteiger partial charge in [0.1, 0.15) is 11.3 Å². The number of hydrogen-bond acceptors (Lipinski definition) is 8. The van der Waals surface area contributed by atoms with Crippen LogP contribution in [0, 0.1) is 6.92 Å². The number of hydrogen-bond donors (Lipinski definition) is 2. The van der Waals surface area contributed by atoms with E-state index in [1.54, 1.807) is 29.2 Å². The van der Waals surface area contributed by atoms with Gasteiger partial charge in [0.25, 0.3) is 5.56 Å². The number of para-hydroxylation sites is 1. The van der Waals surface area contributed by atoms with E-state index in [9.17, 15) is 4.79 Å². The average molecular weight is 501 g/mol. The minimum Gasteiger partial charge on any atom is -0.368 e. The fourth-order valence-corrected chi connectivity index (χ4v) is 4.68. The molecule has 38 heavy (non-hydrogen) atoms. The zero-order valence-corrected chi connectivity index (χ0v) is 20.8. The lowest BCUT2D eigenvalue weighted by molar-refractivity contribution is 0.774. The molecule has 0 saturated heterocycles. The van der Waals surface area contributed by atoms with Crippen molar-refractivity contribution < 1.29 is 0 Å². The molecule has 0 aliphatic rings. The Balaban J connectivity index is 1.57. The molecule has 0 unspecified atom stereocenters. The van der Waals surface area contributed by atoms with Crippen LogP contribution in [0.15, 0.2) is 90.1 Å². The van der Waals surface area contributed by atoms with Gasteiger partial charge in [-0.05, 0) is 55.1 Å². The van der Waals surface area contributed by atoms with Gasteiger partial charge in [0.2, 0.25) is 5.95 Å². The molecule has 0 aliphatic carbocycles. The van der Waals surface area contributed by atoms with Crippen molar-refractivity contribution in [2.75, 3.05) is 11.1 Å². The van der Waals surface area contributed by atoms with Crippen molar-refractivity contribution in [1.82, 2.24) is 29.5 Å². The van der Waals surface area contributed by atoms with Crippen LogP contribution in [0.2, 0.25) is 0 Å². The minimum absolute atomic E-state index is 0.140. The molecule has 0 aliphatic heterocycles. The first-order chi connectivity index (χ1) is 18.5. The molecular formula is C29H24N8O. The van der Waals surface area contributed by atoms with Gasteiger partial charge in [0.15, 0.2) is 5.82 Å². The molecule has 4 aromatic heterocycles. The van der Waals surface area contributed by atoms with Crippen LogP contribution in [-0.4, -0.2) is 29.5 Å². The maximum absolute atomic E-state index is 14.3. The molecule has 0 radical (unpaired) electrons. The SMILES string of the molecule is Cc1ncc(-c2cccc3cc([C@H](C)Nc4nc(N)nc5cccnc45)n(-c4ccccc4)c(=O)c23)cn1. The Kier molecular flexibility index (Phi) is 5.72. The highest BCUT2D eigenvalue weighted by molar-refractivity contribution is 5.96. The molecule has 9 nitrogen and oxygen atoms in total. The average Bonchev–Trinajstić information content (AvgIpc) is 2.93. The van der Waals surface area contributed by atoms with Crippen molar-refractivity contribution in [3.8, 4) is 16.8 Å². The number of nitrogens with one attached hydrogen (secondary N) is 1. The summed E-state index contributed by atoms with van der Waals surface area (Å²) in [4.78, 5) is 36.1. The molecule has 0 bridgehead atoms. The van der Waals surface area contributed by atoms with E-state index in [0.29, 0.717) is 28.1 Å². The fraction of sp³-hybridized carbons (Fsp3) is 0.103. The summed E-state index contributed by atoms with van der Waals surface area (Å²) in [5.74, 6) is 1.31. The van der Waals surface area contributed by atoms with Crippen molar-refractivity contribution in [3.05, 3.63) is 107 Å². The Labute approximate surface area is 218 Å². The largest absolute Gasteiger partial charge is 0.368 e. The number of aromatic nitrogens is 6. The van der Waals surface area contributed by atoms with Gasteiger partial charge >= 0.3 is 0 Å². The first-order valence-corrected chi connectivity index (χ1v) is 12.2. The highest BCUT2D eigenvalue weighted by atomic mass is 16.1. The van der Waals surface area contributed by atoms with E-state index in [-0.39, 0.29) is 17.5 Å². The summed E-state index contributed by atoms with van der Waals surface area (Å²) in [5, 5.41) is 4.83. The molecule has 1 atom stereocenters. The van der Waals surface area contributed by atoms with Gasteiger partial charge in [0, 0.05) is 35.5 Å². The second-order valence-electron chi connectivity index (χ2n) is 9.00. The monoisotopic (exact) mass is 500 g/mol. The van der Waals surface area contributed by atoms with Gasteiger partial charge in [0.05, 0.1) is 16.9 Å². The van der Waals surface area contributed by atoms with E-state index in [1.165, 1.54) is 0 Å². The van der Waals surface area contributed by atoms with Crippen LogP contribution in [-0.2, 0) is 0 Å². The van der Waals surface area contributed by atoms with Gasteiger partial charge in [-0.15, -0.1) is 0 Å². The Morgan fingerprint density at radius 3 is 2.50 bits per heavy atom. The molecule has 0 spiro atoms. The van der Waals surface area contributed by atoms with Gasteiger partial charge in [-0.2, -0.15) is 4.98 Å². The smallest absolute Gasteiger partial charge is 0.263 e. The molecule has 0 saturated carbocycles. The first-order valence-electron chi connectivity index (χ1n) is 12.2. The third kappa shape index (κ3) is 4.09. The van der Waals surface area contributed by atoms with Crippen molar-refractivity contribution in [3.63, 3.8) is 0 Å². The number of fused-ring (bicyclic) bond motifs is 2. The number of anilines is 2. The molecule has 0 amide bonds. The van der Waals surface area contributed by atoms with Crippen molar-refractivity contribution in [2.24, 2.45) is 0 Å². The summed E-state index contributed by atoms with van der Waals surface area (Å²) in [7, 11) is 0. The molecule has 2 aromatic carbocycles. The van der Waals surface area contributed by atoms with Gasteiger partial charge in [-0.3, -0.25) is 14.3 Å². The van der Waals surface area contributed by atoms with E-state index in [0.717, 1.165) is 27.9 Å². The Bertz CT molecular complexity index is 1850. The number of nitrogens with two attached hydrogens (primary N) is 1. The van der Waals surface area contributed by atoms with Crippen LogP contribution in [0.4, 0.5) is 11.8 Å². The zero-order valence-electron chi connectivity index (χ0n) is 20.8. The van der Waals surface area contributed by atoms with E-state index in [1.807, 2.05) is 74.5 Å². The molecule has 6 aromatic rings. The molecule has 186 valence electrons. The quantitative estimate of drug-likeness (QED) is 0.344. The highest BCUT2D eigenvalue weighted by Crippen LogP contribution is 2.30. The highest BCUT2D eigenvalue weighted by Gasteiger charge is 2.20. The number of aryl methyl sites for hydroxylation is 1. The molecule has 3 N–H and O–H groups in total. The maximum Gasteiger partial charge on any atom is 0.263 e. The van der Waals surface area contributed by atoms with Crippen LogP contribution in [0.5, 0.6) is 0 Å². The number of pyridine rings is 2. The fourth-order valence-electron chi connectivity index (χ4n) is 4.68. The van der Waals surface area contributed by atoms with E-state index in [2.05, 4.69) is 30.2 Å². The Morgan fingerprint density at radius 2 is 1.71 bits per heavy atom. The third-order valence-corrected chi connectivity index (χ3v) is 6.45. The normalized spacial score (nSPS) is 12.1. The van der Waals surface area contributed by atoms with Gasteiger partial charge in [-0.25, -0.2) is 15.0 Å². The van der Waals surface area contributed by atoms with E-state index in [4.69, 9.17) is 5.73 Å². The Morgan fingerprint density at radius 1 is 0.921 bits per heavy atom. The van der Waals surface area contributed by atoms with Crippen LogP contribution < -0.4 is 16.6 Å². The van der Waals surface area contributed by atoms with E-state index < -0.39 is 0 Å². The first kappa shape index (κ1) is 23.2. The zero-order chi connectivity index (χ0) is 26.2. The third-order valence-electron chi connectivity index (χ3n) is 6.45. The predicted octanol–water partition coefficient (Wildman–Crippen LogP) is 4.85. The Hall–Kier alpha value is -5.18. The van der Waals surface area contributed by atoms with Crippen LogP contribution in [0.3, 0.4) is 0 Å². The number of benzene rings is 2. The summed E-state index contributed by atoms with van der Waals surface area (Å²) in [6.07, 6.45) is 5.18. The summed E-state index contributed by atoms with van der Waals surface area (Å²) in [5.41, 5.74) is 10.2. The van der Waals surface area contributed by atoms with Crippen LogP contribution in [0.25, 0.3) is 38.6 Å². The topological polar surface area (TPSA) is 124 Å². The number of nitrogen functional groups attached to an aromatic ring is 1. The molecular weight excluding hydrogens is 476 g/mol. The standard InChI is InChI=1S/C29H24N8O/c1-17(34-27-26-23(12-7-13-31-26)35-29(30)36-27)24-14-19-8-6-11-22(20-15-32-18(2)33-16-20)25(19)28(38)37(24)21-9-4-3-5-10-21/h3-17H,1-2H3,(H3,30,34,35,36)/t17-/m0/s1. The lowest BCUT2D eigenvalue weighted by Crippen LogP contribution is -2.26. The van der Waals surface area contributed by atoms with Gasteiger partial charge in [-0.1, -0.05) is 36.4 Å². The van der Waals surface area contributed by atoms with Crippen LogP contribution >= 0.6 is 0 Å². The van der Waals surface area contributed by atoms with Crippen LogP contribution in [0.1, 0.15) is 24.5 Å². The van der Waals surface area contributed by atoms with Crippen molar-refractivity contribution >= 4 is 33.6 Å². The van der Waals surface area contributed by atoms with Gasteiger partial charge < -0.3 is 11.1 Å². The molecule has 9 heteroatoms. The second kappa shape index (κ2) is 9.36. The van der Waals surface area contributed by atoms with Crippen molar-refractivity contribution in [1.29, 1.82) is 0 Å². The summed E-state index contributed by atoms with van der Waals surface area (Å²) < 4.78 is 1.73. The number of nitrogens with zero attached hydrogens (tertiary/aromatic N) is 6. The predicted molar refractivity (Wildman–Crippen MR) is 149 cm³/mol. The lowest BCUT2D eigenvalue weighted by atomic mass is 9.99.